The Labute approximate surface area is 109 Å². The highest BCUT2D eigenvalue weighted by molar-refractivity contribution is 5.67. The molecule has 0 bridgehead atoms. The number of allylic oxidation sites excluding steroid dienone is 2. The Morgan fingerprint density at radius 3 is 2.33 bits per heavy atom. The number of hydrogen-bond donors (Lipinski definition) is 1. The Bertz CT molecular complexity index is 564. The van der Waals surface area contributed by atoms with Gasteiger partial charge in [-0.3, -0.25) is 4.90 Å². The van der Waals surface area contributed by atoms with E-state index >= 15 is 0 Å². The summed E-state index contributed by atoms with van der Waals surface area (Å²) in [6.07, 6.45) is 0. The molecule has 0 aromatic heterocycles. The summed E-state index contributed by atoms with van der Waals surface area (Å²) < 4.78 is 0. The maximum Gasteiger partial charge on any atom is 0.107 e. The average molecular weight is 240 g/mol. The number of rotatable bonds is 1. The van der Waals surface area contributed by atoms with Crippen molar-refractivity contribution >= 4 is 5.69 Å². The molecule has 1 aromatic carbocycles. The van der Waals surface area contributed by atoms with Gasteiger partial charge in [0.05, 0.1) is 5.69 Å². The Hall–Kier alpha value is -1.96. The van der Waals surface area contributed by atoms with Crippen molar-refractivity contribution in [3.05, 3.63) is 65.3 Å². The highest BCUT2D eigenvalue weighted by Gasteiger charge is 2.22. The zero-order valence-corrected chi connectivity index (χ0v) is 11.6. The van der Waals surface area contributed by atoms with Gasteiger partial charge in [-0.2, -0.15) is 0 Å². The van der Waals surface area contributed by atoms with E-state index in [1.165, 1.54) is 16.7 Å². The Morgan fingerprint density at radius 2 is 1.72 bits per heavy atom. The molecule has 18 heavy (non-hydrogen) atoms. The van der Waals surface area contributed by atoms with Crippen molar-refractivity contribution in [2.45, 2.75) is 27.7 Å². The van der Waals surface area contributed by atoms with E-state index < -0.39 is 0 Å². The first-order valence-electron chi connectivity index (χ1n) is 6.12. The third-order valence-electron chi connectivity index (χ3n) is 3.46. The van der Waals surface area contributed by atoms with Gasteiger partial charge in [-0.05, 0) is 44.9 Å². The van der Waals surface area contributed by atoms with Crippen molar-refractivity contribution in [2.24, 2.45) is 0 Å². The number of hydrogen-bond acceptors (Lipinski definition) is 2. The van der Waals surface area contributed by atoms with Crippen LogP contribution < -0.4 is 10.2 Å². The molecule has 1 heterocycles. The van der Waals surface area contributed by atoms with Gasteiger partial charge in [0.2, 0.25) is 0 Å². The van der Waals surface area contributed by atoms with Crippen LogP contribution in [0.25, 0.3) is 0 Å². The van der Waals surface area contributed by atoms with Crippen LogP contribution in [0.4, 0.5) is 5.69 Å². The molecule has 2 nitrogen and oxygen atoms in total. The number of benzene rings is 1. The van der Waals surface area contributed by atoms with Crippen LogP contribution in [0.1, 0.15) is 25.0 Å². The summed E-state index contributed by atoms with van der Waals surface area (Å²) in [4.78, 5) is 2.08. The summed E-state index contributed by atoms with van der Waals surface area (Å²) in [5.41, 5.74) is 6.90. The van der Waals surface area contributed by atoms with E-state index in [0.717, 1.165) is 22.9 Å². The quantitative estimate of drug-likeness (QED) is 0.798. The fraction of sp³-hybridized carbons (Fsp3) is 0.250. The molecule has 2 rings (SSSR count). The van der Waals surface area contributed by atoms with Crippen LogP contribution in [0.5, 0.6) is 0 Å². The van der Waals surface area contributed by atoms with Crippen molar-refractivity contribution < 1.29 is 0 Å². The fourth-order valence-electron chi connectivity index (χ4n) is 2.26. The zero-order chi connectivity index (χ0) is 13.4. The van der Waals surface area contributed by atoms with Gasteiger partial charge >= 0.3 is 0 Å². The number of aryl methyl sites for hydroxylation is 2. The molecule has 0 unspecified atom stereocenters. The first-order chi connectivity index (χ1) is 8.41. The molecular weight excluding hydrogens is 220 g/mol. The molecule has 0 fully saturated rings. The van der Waals surface area contributed by atoms with Crippen molar-refractivity contribution in [3.63, 3.8) is 0 Å². The summed E-state index contributed by atoms with van der Waals surface area (Å²) in [6.45, 7) is 16.6. The molecule has 1 aliphatic rings. The standard InChI is InChI=1S/C16H20N2/c1-10-7-8-16(11(2)9-10)18-14(5)12(3)13(4)17-15(18)6/h7-9,17H,5-6H2,1-4H3. The lowest BCUT2D eigenvalue weighted by molar-refractivity contribution is 0.839. The topological polar surface area (TPSA) is 15.3 Å². The lowest BCUT2D eigenvalue weighted by atomic mass is 10.1. The Kier molecular flexibility index (Phi) is 3.04. The largest absolute Gasteiger partial charge is 0.345 e. The Morgan fingerprint density at radius 1 is 1.06 bits per heavy atom. The molecule has 1 aliphatic heterocycles. The minimum Gasteiger partial charge on any atom is -0.345 e. The molecule has 0 aliphatic carbocycles. The van der Waals surface area contributed by atoms with Crippen LogP contribution in [-0.2, 0) is 0 Å². The molecule has 94 valence electrons. The van der Waals surface area contributed by atoms with Gasteiger partial charge in [-0.15, -0.1) is 0 Å². The predicted octanol–water partition coefficient (Wildman–Crippen LogP) is 3.99. The second-order valence-electron chi connectivity index (χ2n) is 4.89. The van der Waals surface area contributed by atoms with Gasteiger partial charge < -0.3 is 5.32 Å². The highest BCUT2D eigenvalue weighted by atomic mass is 15.3. The van der Waals surface area contributed by atoms with Crippen LogP contribution in [0, 0.1) is 13.8 Å². The smallest absolute Gasteiger partial charge is 0.107 e. The summed E-state index contributed by atoms with van der Waals surface area (Å²) in [5.74, 6) is 0.857. The maximum atomic E-state index is 4.18. The van der Waals surface area contributed by atoms with Crippen LogP contribution >= 0.6 is 0 Å². The van der Waals surface area contributed by atoms with Crippen molar-refractivity contribution in [1.82, 2.24) is 5.32 Å². The van der Waals surface area contributed by atoms with Gasteiger partial charge in [-0.1, -0.05) is 30.9 Å². The normalized spacial score (nSPS) is 16.1. The number of anilines is 1. The van der Waals surface area contributed by atoms with E-state index in [2.05, 4.69) is 62.3 Å². The van der Waals surface area contributed by atoms with Crippen molar-refractivity contribution in [3.8, 4) is 0 Å². The minimum absolute atomic E-state index is 0.857. The monoisotopic (exact) mass is 240 g/mol. The molecule has 0 radical (unpaired) electrons. The molecule has 0 amide bonds. The first kappa shape index (κ1) is 12.5. The van der Waals surface area contributed by atoms with E-state index in [1.54, 1.807) is 0 Å². The van der Waals surface area contributed by atoms with Crippen molar-refractivity contribution in [2.75, 3.05) is 4.90 Å². The molecule has 0 saturated carbocycles. The van der Waals surface area contributed by atoms with Gasteiger partial charge in [0, 0.05) is 11.4 Å². The third kappa shape index (κ3) is 1.94. The van der Waals surface area contributed by atoms with E-state index in [-0.39, 0.29) is 0 Å². The van der Waals surface area contributed by atoms with Crippen LogP contribution in [0.2, 0.25) is 0 Å². The first-order valence-corrected chi connectivity index (χ1v) is 6.12. The average Bonchev–Trinajstić information content (AvgIpc) is 2.29. The molecule has 1 aromatic rings. The van der Waals surface area contributed by atoms with Gasteiger partial charge in [0.25, 0.3) is 0 Å². The molecule has 0 saturated heterocycles. The summed E-state index contributed by atoms with van der Waals surface area (Å²) >= 11 is 0. The fourth-order valence-corrected chi connectivity index (χ4v) is 2.26. The highest BCUT2D eigenvalue weighted by Crippen LogP contribution is 2.33. The summed E-state index contributed by atoms with van der Waals surface area (Å²) in [5, 5.41) is 3.30. The number of nitrogens with zero attached hydrogens (tertiary/aromatic N) is 1. The zero-order valence-electron chi connectivity index (χ0n) is 11.6. The van der Waals surface area contributed by atoms with E-state index in [1.807, 2.05) is 6.92 Å². The van der Waals surface area contributed by atoms with Crippen LogP contribution in [-0.4, -0.2) is 0 Å². The van der Waals surface area contributed by atoms with Crippen LogP contribution in [0.3, 0.4) is 0 Å². The van der Waals surface area contributed by atoms with E-state index in [9.17, 15) is 0 Å². The lowest BCUT2D eigenvalue weighted by Gasteiger charge is -2.36. The minimum atomic E-state index is 0.857. The summed E-state index contributed by atoms with van der Waals surface area (Å²) in [7, 11) is 0. The number of nitrogens with one attached hydrogen (secondary N) is 1. The second kappa shape index (κ2) is 4.37. The Balaban J connectivity index is 2.51. The van der Waals surface area contributed by atoms with E-state index in [0.29, 0.717) is 0 Å². The maximum absolute atomic E-state index is 4.18. The van der Waals surface area contributed by atoms with Gasteiger partial charge in [0.15, 0.2) is 0 Å². The van der Waals surface area contributed by atoms with Gasteiger partial charge in [0.1, 0.15) is 5.82 Å². The second-order valence-corrected chi connectivity index (χ2v) is 4.89. The predicted molar refractivity (Wildman–Crippen MR) is 78.2 cm³/mol. The SMILES string of the molecule is C=C1NC(C)=C(C)C(=C)N1c1ccc(C)cc1C. The van der Waals surface area contributed by atoms with Crippen molar-refractivity contribution in [1.29, 1.82) is 0 Å². The molecule has 0 spiro atoms. The van der Waals surface area contributed by atoms with E-state index in [4.69, 9.17) is 0 Å². The third-order valence-corrected chi connectivity index (χ3v) is 3.46. The lowest BCUT2D eigenvalue weighted by Crippen LogP contribution is -2.35. The molecule has 2 heteroatoms. The van der Waals surface area contributed by atoms with Gasteiger partial charge in [-0.25, -0.2) is 0 Å². The van der Waals surface area contributed by atoms with Crippen LogP contribution in [0.15, 0.2) is 54.1 Å². The molecule has 1 N–H and O–H groups in total. The summed E-state index contributed by atoms with van der Waals surface area (Å²) in [6, 6.07) is 6.41. The molecular formula is C16H20N2. The molecule has 0 atom stereocenters.